The predicted molar refractivity (Wildman–Crippen MR) is 101 cm³/mol. The van der Waals surface area contributed by atoms with Crippen LogP contribution in [0.25, 0.3) is 22.0 Å². The normalized spacial score (nSPS) is 12.3. The third-order valence-electron chi connectivity index (χ3n) is 4.11. The van der Waals surface area contributed by atoms with Gasteiger partial charge in [0.1, 0.15) is 0 Å². The first-order chi connectivity index (χ1) is 11.4. The van der Waals surface area contributed by atoms with Gasteiger partial charge in [-0.05, 0) is 60.9 Å². The number of hydrogen-bond acceptors (Lipinski definition) is 2. The number of carboxylic acids is 1. The number of pyridine rings is 1. The van der Waals surface area contributed by atoms with Gasteiger partial charge in [0.2, 0.25) is 0 Å². The van der Waals surface area contributed by atoms with Crippen LogP contribution in [-0.2, 0) is 4.79 Å². The van der Waals surface area contributed by atoms with E-state index in [2.05, 4.69) is 20.9 Å². The molecule has 5 heteroatoms. The van der Waals surface area contributed by atoms with Gasteiger partial charge >= 0.3 is 5.97 Å². The molecular weight excluding hydrogens is 390 g/mol. The number of fused-ring (bicyclic) bond motifs is 1. The molecule has 3 aromatic rings. The van der Waals surface area contributed by atoms with Crippen LogP contribution in [0.1, 0.15) is 24.1 Å². The Hall–Kier alpha value is -1.91. The summed E-state index contributed by atoms with van der Waals surface area (Å²) in [7, 11) is 0. The molecule has 0 bridgehead atoms. The zero-order chi connectivity index (χ0) is 17.4. The topological polar surface area (TPSA) is 50.2 Å². The lowest BCUT2D eigenvalue weighted by Gasteiger charge is -2.19. The van der Waals surface area contributed by atoms with Crippen LogP contribution in [0.3, 0.4) is 0 Å². The monoisotopic (exact) mass is 403 g/mol. The van der Waals surface area contributed by atoms with E-state index in [4.69, 9.17) is 11.6 Å². The Morgan fingerprint density at radius 1 is 1.21 bits per heavy atom. The number of benzene rings is 2. The smallest absolute Gasteiger partial charge is 0.310 e. The minimum Gasteiger partial charge on any atom is -0.481 e. The molecule has 3 nitrogen and oxygen atoms in total. The molecule has 1 heterocycles. The highest BCUT2D eigenvalue weighted by Gasteiger charge is 2.23. The second kappa shape index (κ2) is 6.54. The number of nitrogens with zero attached hydrogens (tertiary/aromatic N) is 1. The van der Waals surface area contributed by atoms with E-state index in [1.54, 1.807) is 6.92 Å². The fraction of sp³-hybridized carbons (Fsp3) is 0.158. The maximum atomic E-state index is 11.6. The summed E-state index contributed by atoms with van der Waals surface area (Å²) in [4.78, 5) is 16.2. The summed E-state index contributed by atoms with van der Waals surface area (Å²) in [5.74, 6) is -1.53. The largest absolute Gasteiger partial charge is 0.481 e. The van der Waals surface area contributed by atoms with E-state index < -0.39 is 11.9 Å². The van der Waals surface area contributed by atoms with Crippen molar-refractivity contribution in [3.05, 3.63) is 63.2 Å². The Bertz CT molecular complexity index is 938. The number of carbonyl (C=O) groups is 1. The second-order valence-corrected chi connectivity index (χ2v) is 7.07. The fourth-order valence-electron chi connectivity index (χ4n) is 2.95. The molecule has 0 fully saturated rings. The predicted octanol–water partition coefficient (Wildman–Crippen LogP) is 5.81. The van der Waals surface area contributed by atoms with Crippen molar-refractivity contribution in [1.29, 1.82) is 0 Å². The van der Waals surface area contributed by atoms with Gasteiger partial charge in [-0.2, -0.15) is 0 Å². The van der Waals surface area contributed by atoms with Crippen molar-refractivity contribution < 1.29 is 9.90 Å². The Morgan fingerprint density at radius 2 is 1.88 bits per heavy atom. The third-order valence-corrected chi connectivity index (χ3v) is 4.86. The molecule has 1 N–H and O–H groups in total. The number of rotatable bonds is 3. The summed E-state index contributed by atoms with van der Waals surface area (Å²) in [6.07, 6.45) is 0. The molecule has 2 aromatic carbocycles. The highest BCUT2D eigenvalue weighted by molar-refractivity contribution is 9.10. The Balaban J connectivity index is 2.44. The molecule has 0 aliphatic carbocycles. The van der Waals surface area contributed by atoms with E-state index in [1.165, 1.54) is 0 Å². The van der Waals surface area contributed by atoms with E-state index >= 15 is 0 Å². The minimum atomic E-state index is -0.871. The lowest BCUT2D eigenvalue weighted by Crippen LogP contribution is -2.12. The Morgan fingerprint density at radius 3 is 2.50 bits per heavy atom. The quantitative estimate of drug-likeness (QED) is 0.599. The molecule has 24 heavy (non-hydrogen) atoms. The molecule has 0 radical (unpaired) electrons. The Labute approximate surface area is 153 Å². The maximum absolute atomic E-state index is 11.6. The first kappa shape index (κ1) is 16.9. The van der Waals surface area contributed by atoms with Gasteiger partial charge in [-0.25, -0.2) is 0 Å². The van der Waals surface area contributed by atoms with E-state index in [9.17, 15) is 9.90 Å². The van der Waals surface area contributed by atoms with Crippen LogP contribution in [0, 0.1) is 6.92 Å². The van der Waals surface area contributed by atoms with Gasteiger partial charge in [-0.3, -0.25) is 9.78 Å². The van der Waals surface area contributed by atoms with Gasteiger partial charge in [-0.1, -0.05) is 39.7 Å². The summed E-state index contributed by atoms with van der Waals surface area (Å²) in [6.45, 7) is 3.55. The van der Waals surface area contributed by atoms with Gasteiger partial charge in [0, 0.05) is 20.6 Å². The summed E-state index contributed by atoms with van der Waals surface area (Å²) in [5.41, 5.74) is 4.11. The highest BCUT2D eigenvalue weighted by atomic mass is 79.9. The lowest BCUT2D eigenvalue weighted by molar-refractivity contribution is -0.138. The Kier molecular flexibility index (Phi) is 4.61. The van der Waals surface area contributed by atoms with E-state index in [-0.39, 0.29) is 0 Å². The first-order valence-electron chi connectivity index (χ1n) is 7.47. The van der Waals surface area contributed by atoms with Crippen LogP contribution >= 0.6 is 27.5 Å². The van der Waals surface area contributed by atoms with Gasteiger partial charge in [0.15, 0.2) is 0 Å². The zero-order valence-electron chi connectivity index (χ0n) is 13.2. The molecule has 1 atom stereocenters. The van der Waals surface area contributed by atoms with E-state index in [0.717, 1.165) is 37.8 Å². The van der Waals surface area contributed by atoms with Crippen molar-refractivity contribution in [2.45, 2.75) is 19.8 Å². The summed E-state index contributed by atoms with van der Waals surface area (Å²) < 4.78 is 0.921. The number of aliphatic carboxylic acids is 1. The molecule has 0 saturated carbocycles. The van der Waals surface area contributed by atoms with Gasteiger partial charge in [-0.15, -0.1) is 0 Å². The van der Waals surface area contributed by atoms with Crippen molar-refractivity contribution >= 4 is 44.4 Å². The van der Waals surface area contributed by atoms with Gasteiger partial charge in [0.05, 0.1) is 11.4 Å². The molecule has 0 amide bonds. The standard InChI is InChI=1S/C19H15BrClNO2/c1-10(19(23)24)17-11(2)22-16-8-5-13(20)9-15(16)18(17)12-3-6-14(21)7-4-12/h3-10H,1-2H3,(H,23,24). The van der Waals surface area contributed by atoms with Crippen LogP contribution in [-0.4, -0.2) is 16.1 Å². The number of halogens is 2. The average Bonchev–Trinajstić information content (AvgIpc) is 2.54. The summed E-state index contributed by atoms with van der Waals surface area (Å²) >= 11 is 9.51. The molecule has 1 unspecified atom stereocenters. The van der Waals surface area contributed by atoms with Crippen LogP contribution in [0.5, 0.6) is 0 Å². The summed E-state index contributed by atoms with van der Waals surface area (Å²) in [5, 5.41) is 11.1. The van der Waals surface area contributed by atoms with Crippen molar-refractivity contribution in [1.82, 2.24) is 4.98 Å². The van der Waals surface area contributed by atoms with Gasteiger partial charge < -0.3 is 5.11 Å². The van der Waals surface area contributed by atoms with Crippen molar-refractivity contribution in [2.24, 2.45) is 0 Å². The number of carboxylic acid groups (broad SMARTS) is 1. The average molecular weight is 405 g/mol. The number of hydrogen-bond donors (Lipinski definition) is 1. The van der Waals surface area contributed by atoms with Crippen molar-refractivity contribution in [3.63, 3.8) is 0 Å². The third kappa shape index (κ3) is 3.04. The van der Waals surface area contributed by atoms with Crippen molar-refractivity contribution in [3.8, 4) is 11.1 Å². The van der Waals surface area contributed by atoms with Crippen LogP contribution < -0.4 is 0 Å². The van der Waals surface area contributed by atoms with Crippen molar-refractivity contribution in [2.75, 3.05) is 0 Å². The molecule has 1 aromatic heterocycles. The number of aromatic nitrogens is 1. The highest BCUT2D eigenvalue weighted by Crippen LogP contribution is 2.38. The number of aryl methyl sites for hydroxylation is 1. The minimum absolute atomic E-state index is 0.642. The fourth-order valence-corrected chi connectivity index (χ4v) is 3.44. The molecule has 0 saturated heterocycles. The van der Waals surface area contributed by atoms with Crippen LogP contribution in [0.15, 0.2) is 46.9 Å². The molecule has 0 aliphatic heterocycles. The molecular formula is C19H15BrClNO2. The molecule has 122 valence electrons. The summed E-state index contributed by atoms with van der Waals surface area (Å²) in [6, 6.07) is 13.3. The van der Waals surface area contributed by atoms with Crippen LogP contribution in [0.2, 0.25) is 5.02 Å². The lowest BCUT2D eigenvalue weighted by atomic mass is 9.88. The SMILES string of the molecule is Cc1nc2ccc(Br)cc2c(-c2ccc(Cl)cc2)c1C(C)C(=O)O. The van der Waals surface area contributed by atoms with Gasteiger partial charge in [0.25, 0.3) is 0 Å². The maximum Gasteiger partial charge on any atom is 0.310 e. The molecule has 3 rings (SSSR count). The first-order valence-corrected chi connectivity index (χ1v) is 8.64. The zero-order valence-corrected chi connectivity index (χ0v) is 15.5. The molecule has 0 spiro atoms. The van der Waals surface area contributed by atoms with Crippen LogP contribution in [0.4, 0.5) is 0 Å². The van der Waals surface area contributed by atoms with E-state index in [1.807, 2.05) is 49.4 Å². The van der Waals surface area contributed by atoms with E-state index in [0.29, 0.717) is 5.02 Å². The second-order valence-electron chi connectivity index (χ2n) is 5.71. The molecule has 0 aliphatic rings.